The van der Waals surface area contributed by atoms with Crippen LogP contribution in [0.15, 0.2) is 24.3 Å². The molecule has 2 heterocycles. The highest BCUT2D eigenvalue weighted by Gasteiger charge is 2.31. The molecule has 0 aliphatic carbocycles. The number of methoxy groups -OCH3 is 1. The van der Waals surface area contributed by atoms with Gasteiger partial charge in [-0.25, -0.2) is 0 Å². The van der Waals surface area contributed by atoms with Crippen LogP contribution in [0.2, 0.25) is 0 Å². The van der Waals surface area contributed by atoms with Gasteiger partial charge in [0.2, 0.25) is 0 Å². The summed E-state index contributed by atoms with van der Waals surface area (Å²) in [5, 5.41) is 0. The summed E-state index contributed by atoms with van der Waals surface area (Å²) in [6.07, 6.45) is 2.87. The van der Waals surface area contributed by atoms with E-state index in [0.717, 1.165) is 45.0 Å². The van der Waals surface area contributed by atoms with E-state index in [9.17, 15) is 0 Å². The van der Waals surface area contributed by atoms with E-state index < -0.39 is 0 Å². The maximum atomic E-state index is 5.93. The van der Waals surface area contributed by atoms with Crippen LogP contribution in [0.25, 0.3) is 0 Å². The molecule has 2 saturated heterocycles. The molecular weight excluding hydrogens is 278 g/mol. The van der Waals surface area contributed by atoms with Gasteiger partial charge in [-0.3, -0.25) is 4.90 Å². The number of morpholine rings is 1. The highest BCUT2D eigenvalue weighted by Crippen LogP contribution is 2.24. The summed E-state index contributed by atoms with van der Waals surface area (Å²) in [5.41, 5.74) is 1.36. The predicted molar refractivity (Wildman–Crippen MR) is 86.6 cm³/mol. The van der Waals surface area contributed by atoms with Gasteiger partial charge in [-0.2, -0.15) is 0 Å². The molecular formula is C18H27NO3. The van der Waals surface area contributed by atoms with Crippen molar-refractivity contribution >= 4 is 0 Å². The zero-order valence-corrected chi connectivity index (χ0v) is 13.7. The van der Waals surface area contributed by atoms with Gasteiger partial charge in [-0.15, -0.1) is 0 Å². The minimum Gasteiger partial charge on any atom is -0.497 e. The van der Waals surface area contributed by atoms with Crippen molar-refractivity contribution in [1.29, 1.82) is 0 Å². The Bertz CT molecular complexity index is 456. The third kappa shape index (κ3) is 3.80. The summed E-state index contributed by atoms with van der Waals surface area (Å²) < 4.78 is 16.9. The molecule has 4 heteroatoms. The number of hydrogen-bond donors (Lipinski definition) is 0. The summed E-state index contributed by atoms with van der Waals surface area (Å²) in [5.74, 6) is 1.43. The molecule has 0 amide bonds. The lowest BCUT2D eigenvalue weighted by Crippen LogP contribution is -2.48. The number of rotatable bonds is 5. The second kappa shape index (κ2) is 7.44. The van der Waals surface area contributed by atoms with Crippen LogP contribution in [0.5, 0.6) is 5.75 Å². The quantitative estimate of drug-likeness (QED) is 0.837. The van der Waals surface area contributed by atoms with Gasteiger partial charge in [0, 0.05) is 26.2 Å². The van der Waals surface area contributed by atoms with E-state index in [-0.39, 0.29) is 6.10 Å². The summed E-state index contributed by atoms with van der Waals surface area (Å²) in [4.78, 5) is 2.52. The van der Waals surface area contributed by atoms with Crippen molar-refractivity contribution in [3.63, 3.8) is 0 Å². The molecule has 0 aromatic heterocycles. The van der Waals surface area contributed by atoms with Gasteiger partial charge >= 0.3 is 0 Å². The summed E-state index contributed by atoms with van der Waals surface area (Å²) in [7, 11) is 1.71. The predicted octanol–water partition coefficient (Wildman–Crippen LogP) is 2.68. The van der Waals surface area contributed by atoms with Crippen LogP contribution >= 0.6 is 0 Å². The smallest absolute Gasteiger partial charge is 0.118 e. The van der Waals surface area contributed by atoms with Gasteiger partial charge in [0.1, 0.15) is 5.75 Å². The molecule has 0 unspecified atom stereocenters. The minimum absolute atomic E-state index is 0.249. The maximum absolute atomic E-state index is 5.93. The molecule has 0 bridgehead atoms. The Hall–Kier alpha value is -1.10. The second-order valence-electron chi connectivity index (χ2n) is 6.39. The van der Waals surface area contributed by atoms with Gasteiger partial charge in [-0.05, 0) is 36.5 Å². The number of hydrogen-bond acceptors (Lipinski definition) is 4. The van der Waals surface area contributed by atoms with Crippen molar-refractivity contribution < 1.29 is 14.2 Å². The van der Waals surface area contributed by atoms with Crippen LogP contribution in [0.3, 0.4) is 0 Å². The van der Waals surface area contributed by atoms with E-state index >= 15 is 0 Å². The van der Waals surface area contributed by atoms with Crippen molar-refractivity contribution in [1.82, 2.24) is 4.90 Å². The molecule has 3 rings (SSSR count). The second-order valence-corrected chi connectivity index (χ2v) is 6.39. The van der Waals surface area contributed by atoms with E-state index in [0.29, 0.717) is 12.0 Å². The van der Waals surface area contributed by atoms with E-state index in [4.69, 9.17) is 14.2 Å². The molecule has 122 valence electrons. The molecule has 0 saturated carbocycles. The Balaban J connectivity index is 1.54. The van der Waals surface area contributed by atoms with E-state index in [2.05, 4.69) is 24.0 Å². The normalized spacial score (nSPS) is 27.7. The Morgan fingerprint density at radius 2 is 1.95 bits per heavy atom. The zero-order chi connectivity index (χ0) is 15.4. The Labute approximate surface area is 133 Å². The highest BCUT2D eigenvalue weighted by molar-refractivity contribution is 5.29. The van der Waals surface area contributed by atoms with Gasteiger partial charge < -0.3 is 14.2 Å². The van der Waals surface area contributed by atoms with E-state index in [1.807, 2.05) is 12.1 Å². The molecule has 0 N–H and O–H groups in total. The Morgan fingerprint density at radius 3 is 2.64 bits per heavy atom. The lowest BCUT2D eigenvalue weighted by molar-refractivity contribution is -0.0948. The number of nitrogens with zero attached hydrogens (tertiary/aromatic N) is 1. The van der Waals surface area contributed by atoms with Gasteiger partial charge in [0.25, 0.3) is 0 Å². The SMILES string of the molecule is COc1ccc([C@H](C)CN2CCO[C@@H]([C@H]3CCCO3)C2)cc1. The first-order valence-corrected chi connectivity index (χ1v) is 8.36. The molecule has 1 aromatic rings. The van der Waals surface area contributed by atoms with Crippen molar-refractivity contribution in [2.24, 2.45) is 0 Å². The lowest BCUT2D eigenvalue weighted by atomic mass is 9.99. The summed E-state index contributed by atoms with van der Waals surface area (Å²) in [6.45, 7) is 7.08. The molecule has 1 aromatic carbocycles. The molecule has 3 atom stereocenters. The largest absolute Gasteiger partial charge is 0.497 e. The first kappa shape index (κ1) is 15.8. The number of ether oxygens (including phenoxy) is 3. The standard InChI is InChI=1S/C18H27NO3/c1-14(15-5-7-16(20-2)8-6-15)12-19-9-11-22-18(13-19)17-4-3-10-21-17/h5-8,14,17-18H,3-4,9-13H2,1-2H3/t14-,17-,18-/m1/s1. The van der Waals surface area contributed by atoms with Crippen LogP contribution in [-0.2, 0) is 9.47 Å². The third-order valence-corrected chi connectivity index (χ3v) is 4.77. The number of benzene rings is 1. The molecule has 22 heavy (non-hydrogen) atoms. The highest BCUT2D eigenvalue weighted by atomic mass is 16.5. The van der Waals surface area contributed by atoms with Crippen LogP contribution in [0, 0.1) is 0 Å². The van der Waals surface area contributed by atoms with Crippen molar-refractivity contribution in [3.05, 3.63) is 29.8 Å². The van der Waals surface area contributed by atoms with Crippen LogP contribution in [0.1, 0.15) is 31.2 Å². The zero-order valence-electron chi connectivity index (χ0n) is 13.7. The third-order valence-electron chi connectivity index (χ3n) is 4.77. The molecule has 2 aliphatic rings. The monoisotopic (exact) mass is 305 g/mol. The van der Waals surface area contributed by atoms with Gasteiger partial charge in [0.15, 0.2) is 0 Å². The molecule has 4 nitrogen and oxygen atoms in total. The Morgan fingerprint density at radius 1 is 1.18 bits per heavy atom. The van der Waals surface area contributed by atoms with Crippen molar-refractivity contribution in [2.45, 2.75) is 37.9 Å². The van der Waals surface area contributed by atoms with E-state index in [1.165, 1.54) is 12.0 Å². The fourth-order valence-electron chi connectivity index (χ4n) is 3.44. The summed E-state index contributed by atoms with van der Waals surface area (Å²) >= 11 is 0. The average Bonchev–Trinajstić information content (AvgIpc) is 3.10. The maximum Gasteiger partial charge on any atom is 0.118 e. The average molecular weight is 305 g/mol. The van der Waals surface area contributed by atoms with Crippen molar-refractivity contribution in [3.8, 4) is 5.75 Å². The van der Waals surface area contributed by atoms with E-state index in [1.54, 1.807) is 7.11 Å². The molecule has 0 radical (unpaired) electrons. The fraction of sp³-hybridized carbons (Fsp3) is 0.667. The fourth-order valence-corrected chi connectivity index (χ4v) is 3.44. The first-order chi connectivity index (χ1) is 10.8. The van der Waals surface area contributed by atoms with Crippen LogP contribution in [-0.4, -0.2) is 57.1 Å². The van der Waals surface area contributed by atoms with Crippen LogP contribution < -0.4 is 4.74 Å². The minimum atomic E-state index is 0.249. The van der Waals surface area contributed by atoms with Gasteiger partial charge in [0.05, 0.1) is 25.9 Å². The topological polar surface area (TPSA) is 30.9 Å². The van der Waals surface area contributed by atoms with Crippen LogP contribution in [0.4, 0.5) is 0 Å². The summed E-state index contributed by atoms with van der Waals surface area (Å²) in [6, 6.07) is 8.42. The van der Waals surface area contributed by atoms with Crippen molar-refractivity contribution in [2.75, 3.05) is 40.0 Å². The molecule has 2 fully saturated rings. The molecule has 0 spiro atoms. The first-order valence-electron chi connectivity index (χ1n) is 8.36. The lowest BCUT2D eigenvalue weighted by Gasteiger charge is -2.36. The molecule has 2 aliphatic heterocycles. The van der Waals surface area contributed by atoms with Gasteiger partial charge in [-0.1, -0.05) is 19.1 Å². The Kier molecular flexibility index (Phi) is 5.34.